The highest BCUT2D eigenvalue weighted by Gasteiger charge is 2.16. The summed E-state index contributed by atoms with van der Waals surface area (Å²) in [7, 11) is 0. The van der Waals surface area contributed by atoms with Gasteiger partial charge in [0.05, 0.1) is 11.4 Å². The van der Waals surface area contributed by atoms with Crippen LogP contribution < -0.4 is 0 Å². The average Bonchev–Trinajstić information content (AvgIpc) is 2.93. The Bertz CT molecular complexity index is 792. The van der Waals surface area contributed by atoms with E-state index in [4.69, 9.17) is 0 Å². The molecule has 2 aromatic carbocycles. The zero-order valence-corrected chi connectivity index (χ0v) is 11.5. The third-order valence-corrected chi connectivity index (χ3v) is 3.24. The van der Waals surface area contributed by atoms with Crippen LogP contribution in [0.5, 0.6) is 0 Å². The van der Waals surface area contributed by atoms with Crippen LogP contribution in [0.15, 0.2) is 60.7 Å². The lowest BCUT2D eigenvalue weighted by Gasteiger charge is -2.05. The summed E-state index contributed by atoms with van der Waals surface area (Å²) in [6.07, 6.45) is 0. The van der Waals surface area contributed by atoms with E-state index in [1.165, 1.54) is 4.68 Å². The molecule has 1 heterocycles. The molecule has 104 valence electrons. The van der Waals surface area contributed by atoms with E-state index in [-0.39, 0.29) is 5.69 Å². The van der Waals surface area contributed by atoms with Gasteiger partial charge in [0.25, 0.3) is 0 Å². The summed E-state index contributed by atoms with van der Waals surface area (Å²) >= 11 is 0. The number of carboxylic acids is 1. The number of aromatic carboxylic acids is 1. The predicted molar refractivity (Wildman–Crippen MR) is 80.7 cm³/mol. The van der Waals surface area contributed by atoms with Crippen molar-refractivity contribution in [3.05, 3.63) is 71.9 Å². The molecule has 3 rings (SSSR count). The van der Waals surface area contributed by atoms with Crippen LogP contribution in [0.1, 0.15) is 16.1 Å². The van der Waals surface area contributed by atoms with Gasteiger partial charge in [-0.1, -0.05) is 42.5 Å². The number of benzene rings is 2. The van der Waals surface area contributed by atoms with E-state index in [1.807, 2.05) is 61.5 Å². The molecule has 0 atom stereocenters. The second-order valence-corrected chi connectivity index (χ2v) is 4.84. The van der Waals surface area contributed by atoms with Crippen LogP contribution in [0.25, 0.3) is 16.9 Å². The Hall–Kier alpha value is -2.88. The van der Waals surface area contributed by atoms with Gasteiger partial charge in [-0.15, -0.1) is 0 Å². The molecule has 0 unspecified atom stereocenters. The Balaban J connectivity index is 2.16. The number of aryl methyl sites for hydroxylation is 1. The molecule has 0 saturated carbocycles. The molecular formula is C17H14N2O2. The fraction of sp³-hybridized carbons (Fsp3) is 0.0588. The van der Waals surface area contributed by atoms with Crippen LogP contribution in [0, 0.1) is 6.92 Å². The van der Waals surface area contributed by atoms with Crippen molar-refractivity contribution >= 4 is 5.97 Å². The Kier molecular flexibility index (Phi) is 3.28. The van der Waals surface area contributed by atoms with Crippen molar-refractivity contribution in [3.8, 4) is 16.9 Å². The number of hydrogen-bond acceptors (Lipinski definition) is 2. The zero-order chi connectivity index (χ0) is 14.8. The second kappa shape index (κ2) is 5.25. The number of nitrogens with zero attached hydrogens (tertiary/aromatic N) is 2. The normalized spacial score (nSPS) is 10.5. The molecule has 3 aromatic rings. The highest BCUT2D eigenvalue weighted by molar-refractivity contribution is 5.88. The minimum absolute atomic E-state index is 0.152. The van der Waals surface area contributed by atoms with Gasteiger partial charge < -0.3 is 5.11 Å². The third-order valence-electron chi connectivity index (χ3n) is 3.24. The number of aromatic nitrogens is 2. The van der Waals surface area contributed by atoms with Crippen molar-refractivity contribution in [1.82, 2.24) is 9.78 Å². The highest BCUT2D eigenvalue weighted by Crippen LogP contribution is 2.22. The molecule has 21 heavy (non-hydrogen) atoms. The highest BCUT2D eigenvalue weighted by atomic mass is 16.4. The van der Waals surface area contributed by atoms with Crippen molar-refractivity contribution < 1.29 is 9.90 Å². The van der Waals surface area contributed by atoms with Gasteiger partial charge in [-0.2, -0.15) is 5.10 Å². The van der Waals surface area contributed by atoms with Crippen LogP contribution in [-0.4, -0.2) is 20.9 Å². The van der Waals surface area contributed by atoms with Gasteiger partial charge in [0.2, 0.25) is 0 Å². The maximum atomic E-state index is 11.5. The minimum atomic E-state index is -0.994. The third kappa shape index (κ3) is 2.56. The zero-order valence-electron chi connectivity index (χ0n) is 11.5. The molecule has 1 N–H and O–H groups in total. The molecule has 0 spiro atoms. The van der Waals surface area contributed by atoms with Gasteiger partial charge in [0.15, 0.2) is 5.69 Å². The molecule has 4 heteroatoms. The maximum absolute atomic E-state index is 11.5. The second-order valence-electron chi connectivity index (χ2n) is 4.84. The summed E-state index contributed by atoms with van der Waals surface area (Å²) in [6, 6.07) is 18.8. The van der Waals surface area contributed by atoms with Crippen LogP contribution in [-0.2, 0) is 0 Å². The lowest BCUT2D eigenvalue weighted by atomic mass is 10.1. The largest absolute Gasteiger partial charge is 0.477 e. The first-order valence-electron chi connectivity index (χ1n) is 6.61. The van der Waals surface area contributed by atoms with Crippen molar-refractivity contribution in [2.24, 2.45) is 0 Å². The summed E-state index contributed by atoms with van der Waals surface area (Å²) in [5.41, 5.74) is 3.50. The molecule has 0 radical (unpaired) electrons. The van der Waals surface area contributed by atoms with Gasteiger partial charge in [-0.05, 0) is 30.7 Å². The van der Waals surface area contributed by atoms with Gasteiger partial charge in [-0.3, -0.25) is 0 Å². The summed E-state index contributed by atoms with van der Waals surface area (Å²) in [4.78, 5) is 11.5. The Labute approximate surface area is 122 Å². The monoisotopic (exact) mass is 278 g/mol. The van der Waals surface area contributed by atoms with Gasteiger partial charge in [0.1, 0.15) is 0 Å². The van der Waals surface area contributed by atoms with Crippen LogP contribution in [0.3, 0.4) is 0 Å². The van der Waals surface area contributed by atoms with E-state index in [0.717, 1.165) is 16.8 Å². The quantitative estimate of drug-likeness (QED) is 0.797. The fourth-order valence-corrected chi connectivity index (χ4v) is 2.24. The maximum Gasteiger partial charge on any atom is 0.354 e. The Morgan fingerprint density at radius 3 is 2.48 bits per heavy atom. The summed E-state index contributed by atoms with van der Waals surface area (Å²) < 4.78 is 1.47. The Morgan fingerprint density at radius 1 is 1.05 bits per heavy atom. The van der Waals surface area contributed by atoms with Crippen molar-refractivity contribution in [3.63, 3.8) is 0 Å². The summed E-state index contributed by atoms with van der Waals surface area (Å²) in [5.74, 6) is -0.994. The van der Waals surface area contributed by atoms with E-state index >= 15 is 0 Å². The van der Waals surface area contributed by atoms with Crippen molar-refractivity contribution in [2.75, 3.05) is 0 Å². The number of hydrogen-bond donors (Lipinski definition) is 1. The predicted octanol–water partition coefficient (Wildman–Crippen LogP) is 3.55. The first-order chi connectivity index (χ1) is 10.1. The smallest absolute Gasteiger partial charge is 0.354 e. The standard InChI is InChI=1S/C17H14N2O2/c1-12-6-5-9-14(10-12)19-16(17(20)21)11-15(18-19)13-7-3-2-4-8-13/h2-11H,1H3,(H,20,21). The molecule has 0 aliphatic carbocycles. The van der Waals surface area contributed by atoms with E-state index in [2.05, 4.69) is 5.10 Å². The van der Waals surface area contributed by atoms with Crippen molar-refractivity contribution in [1.29, 1.82) is 0 Å². The lowest BCUT2D eigenvalue weighted by molar-refractivity contribution is 0.0687. The molecular weight excluding hydrogens is 264 g/mol. The molecule has 0 amide bonds. The van der Waals surface area contributed by atoms with Gasteiger partial charge in [0, 0.05) is 5.56 Å². The molecule has 0 fully saturated rings. The molecule has 1 aromatic heterocycles. The minimum Gasteiger partial charge on any atom is -0.477 e. The van der Waals surface area contributed by atoms with E-state index in [9.17, 15) is 9.90 Å². The van der Waals surface area contributed by atoms with Gasteiger partial charge in [-0.25, -0.2) is 9.48 Å². The topological polar surface area (TPSA) is 55.1 Å². The Morgan fingerprint density at radius 2 is 1.81 bits per heavy atom. The number of carbonyl (C=O) groups is 1. The van der Waals surface area contributed by atoms with E-state index in [0.29, 0.717) is 5.69 Å². The van der Waals surface area contributed by atoms with Crippen molar-refractivity contribution in [2.45, 2.75) is 6.92 Å². The lowest BCUT2D eigenvalue weighted by Crippen LogP contribution is -2.07. The molecule has 4 nitrogen and oxygen atoms in total. The van der Waals surface area contributed by atoms with Crippen LogP contribution >= 0.6 is 0 Å². The summed E-state index contributed by atoms with van der Waals surface area (Å²) in [5, 5.41) is 13.8. The van der Waals surface area contributed by atoms with Crippen LogP contribution in [0.4, 0.5) is 0 Å². The van der Waals surface area contributed by atoms with Gasteiger partial charge >= 0.3 is 5.97 Å². The molecule has 0 aliphatic rings. The molecule has 0 bridgehead atoms. The summed E-state index contributed by atoms with van der Waals surface area (Å²) in [6.45, 7) is 1.96. The van der Waals surface area contributed by atoms with E-state index in [1.54, 1.807) is 6.07 Å². The first kappa shape index (κ1) is 13.1. The number of carboxylic acid groups (broad SMARTS) is 1. The fourth-order valence-electron chi connectivity index (χ4n) is 2.24. The molecule has 0 saturated heterocycles. The number of rotatable bonds is 3. The van der Waals surface area contributed by atoms with Crippen LogP contribution in [0.2, 0.25) is 0 Å². The molecule has 0 aliphatic heterocycles. The SMILES string of the molecule is Cc1cccc(-n2nc(-c3ccccc3)cc2C(=O)O)c1. The average molecular weight is 278 g/mol. The van der Waals surface area contributed by atoms with E-state index < -0.39 is 5.97 Å². The first-order valence-corrected chi connectivity index (χ1v) is 6.61.